The van der Waals surface area contributed by atoms with Crippen molar-refractivity contribution in [2.45, 2.75) is 17.2 Å². The Hall–Kier alpha value is -2.04. The lowest BCUT2D eigenvalue weighted by molar-refractivity contribution is 1.04. The molecule has 2 aromatic carbocycles. The molecule has 114 valence electrons. The molecular formula is C18H14ClN3S. The number of halogens is 1. The normalized spacial score (nSPS) is 12.4. The summed E-state index contributed by atoms with van der Waals surface area (Å²) in [5.41, 5.74) is 4.56. The minimum atomic E-state index is 0.653. The van der Waals surface area contributed by atoms with Gasteiger partial charge in [0.2, 0.25) is 5.95 Å². The lowest BCUT2D eigenvalue weighted by Gasteiger charge is -2.18. The Kier molecular flexibility index (Phi) is 3.93. The van der Waals surface area contributed by atoms with Crippen LogP contribution in [0.5, 0.6) is 0 Å². The molecular weight excluding hydrogens is 326 g/mol. The second-order valence-electron chi connectivity index (χ2n) is 5.33. The van der Waals surface area contributed by atoms with E-state index in [1.165, 1.54) is 16.0 Å². The number of benzene rings is 2. The number of thioether (sulfide) groups is 1. The van der Waals surface area contributed by atoms with Gasteiger partial charge in [-0.15, -0.1) is 11.8 Å². The zero-order valence-electron chi connectivity index (χ0n) is 12.3. The molecule has 0 saturated carbocycles. The van der Waals surface area contributed by atoms with E-state index < -0.39 is 0 Å². The minimum absolute atomic E-state index is 0.653. The molecule has 2 heterocycles. The molecule has 0 fully saturated rings. The van der Waals surface area contributed by atoms with Gasteiger partial charge in [0, 0.05) is 39.5 Å². The Balaban J connectivity index is 1.59. The molecule has 3 nitrogen and oxygen atoms in total. The number of hydrogen-bond donors (Lipinski definition) is 1. The number of hydrogen-bond acceptors (Lipinski definition) is 4. The summed E-state index contributed by atoms with van der Waals surface area (Å²) < 4.78 is 0. The Labute approximate surface area is 144 Å². The second kappa shape index (κ2) is 6.22. The maximum Gasteiger partial charge on any atom is 0.223 e. The van der Waals surface area contributed by atoms with E-state index in [9.17, 15) is 0 Å². The van der Waals surface area contributed by atoms with Crippen LogP contribution in [0.4, 0.5) is 5.95 Å². The van der Waals surface area contributed by atoms with Gasteiger partial charge in [0.15, 0.2) is 0 Å². The van der Waals surface area contributed by atoms with Crippen molar-refractivity contribution in [1.29, 1.82) is 0 Å². The molecule has 23 heavy (non-hydrogen) atoms. The lowest BCUT2D eigenvalue weighted by Crippen LogP contribution is -2.07. The molecule has 0 atom stereocenters. The smallest absolute Gasteiger partial charge is 0.223 e. The predicted octanol–water partition coefficient (Wildman–Crippen LogP) is 5.01. The van der Waals surface area contributed by atoms with E-state index in [0.717, 1.165) is 22.0 Å². The number of fused-ring (bicyclic) bond motifs is 3. The average molecular weight is 340 g/mol. The first-order valence-corrected chi connectivity index (χ1v) is 8.72. The van der Waals surface area contributed by atoms with Gasteiger partial charge in [-0.05, 0) is 23.8 Å². The van der Waals surface area contributed by atoms with Crippen LogP contribution in [0.1, 0.15) is 11.1 Å². The molecule has 5 heteroatoms. The van der Waals surface area contributed by atoms with Gasteiger partial charge in [0.1, 0.15) is 0 Å². The third-order valence-corrected chi connectivity index (χ3v) is 5.13. The van der Waals surface area contributed by atoms with E-state index in [0.29, 0.717) is 12.5 Å². The molecule has 0 radical (unpaired) electrons. The number of nitrogens with zero attached hydrogens (tertiary/aromatic N) is 2. The highest BCUT2D eigenvalue weighted by molar-refractivity contribution is 7.98. The molecule has 1 aliphatic rings. The highest BCUT2D eigenvalue weighted by Crippen LogP contribution is 2.40. The van der Waals surface area contributed by atoms with Crippen molar-refractivity contribution >= 4 is 29.3 Å². The zero-order chi connectivity index (χ0) is 15.6. The molecule has 3 aromatic rings. The fourth-order valence-electron chi connectivity index (χ4n) is 2.56. The van der Waals surface area contributed by atoms with Crippen molar-refractivity contribution in [3.63, 3.8) is 0 Å². The first kappa shape index (κ1) is 14.5. The Morgan fingerprint density at radius 3 is 2.78 bits per heavy atom. The molecule has 1 aliphatic heterocycles. The van der Waals surface area contributed by atoms with Crippen LogP contribution in [0.2, 0.25) is 5.02 Å². The van der Waals surface area contributed by atoms with E-state index in [1.807, 2.05) is 42.2 Å². The van der Waals surface area contributed by atoms with E-state index >= 15 is 0 Å². The molecule has 0 unspecified atom stereocenters. The van der Waals surface area contributed by atoms with Crippen molar-refractivity contribution in [3.8, 4) is 11.3 Å². The van der Waals surface area contributed by atoms with Crippen molar-refractivity contribution in [3.05, 3.63) is 70.9 Å². The van der Waals surface area contributed by atoms with Crippen LogP contribution in [-0.4, -0.2) is 9.97 Å². The summed E-state index contributed by atoms with van der Waals surface area (Å²) in [6, 6.07) is 16.2. The van der Waals surface area contributed by atoms with Gasteiger partial charge in [-0.1, -0.05) is 41.9 Å². The van der Waals surface area contributed by atoms with Crippen LogP contribution in [0.15, 0.2) is 59.6 Å². The number of rotatable bonds is 3. The van der Waals surface area contributed by atoms with E-state index in [2.05, 4.69) is 34.6 Å². The summed E-state index contributed by atoms with van der Waals surface area (Å²) in [5.74, 6) is 1.57. The van der Waals surface area contributed by atoms with Crippen LogP contribution in [0, 0.1) is 0 Å². The standard InChI is InChI=1S/C18H14ClN3S/c19-14-7-5-12(6-8-14)9-20-18-21-10-13-11-23-16-4-2-1-3-15(16)17(13)22-18/h1-8,10H,9,11H2,(H,20,21,22). The third kappa shape index (κ3) is 3.05. The fraction of sp³-hybridized carbons (Fsp3) is 0.111. The first-order valence-electron chi connectivity index (χ1n) is 7.36. The highest BCUT2D eigenvalue weighted by atomic mass is 35.5. The Morgan fingerprint density at radius 1 is 1.09 bits per heavy atom. The summed E-state index contributed by atoms with van der Waals surface area (Å²) in [4.78, 5) is 10.4. The van der Waals surface area contributed by atoms with E-state index in [1.54, 1.807) is 0 Å². The molecule has 0 amide bonds. The first-order chi connectivity index (χ1) is 11.3. The Bertz CT molecular complexity index is 849. The third-order valence-electron chi connectivity index (χ3n) is 3.75. The van der Waals surface area contributed by atoms with Crippen molar-refractivity contribution in [2.24, 2.45) is 0 Å². The molecule has 1 N–H and O–H groups in total. The summed E-state index contributed by atoms with van der Waals surface area (Å²) in [6.07, 6.45) is 1.93. The number of aromatic nitrogens is 2. The van der Waals surface area contributed by atoms with E-state index in [-0.39, 0.29) is 0 Å². The molecule has 0 saturated heterocycles. The summed E-state index contributed by atoms with van der Waals surface area (Å²) in [5, 5.41) is 4.03. The van der Waals surface area contributed by atoms with Crippen molar-refractivity contribution in [2.75, 3.05) is 5.32 Å². The Morgan fingerprint density at radius 2 is 1.91 bits per heavy atom. The van der Waals surface area contributed by atoms with Crippen molar-refractivity contribution < 1.29 is 0 Å². The summed E-state index contributed by atoms with van der Waals surface area (Å²) >= 11 is 7.74. The minimum Gasteiger partial charge on any atom is -0.350 e. The van der Waals surface area contributed by atoms with Gasteiger partial charge in [0.25, 0.3) is 0 Å². The maximum atomic E-state index is 5.91. The van der Waals surface area contributed by atoms with Gasteiger partial charge >= 0.3 is 0 Å². The van der Waals surface area contributed by atoms with Crippen molar-refractivity contribution in [1.82, 2.24) is 9.97 Å². The van der Waals surface area contributed by atoms with Gasteiger partial charge in [-0.3, -0.25) is 0 Å². The maximum absolute atomic E-state index is 5.91. The zero-order valence-corrected chi connectivity index (χ0v) is 13.9. The number of anilines is 1. The van der Waals surface area contributed by atoms with Gasteiger partial charge in [-0.2, -0.15) is 0 Å². The monoisotopic (exact) mass is 339 g/mol. The number of nitrogens with one attached hydrogen (secondary N) is 1. The predicted molar refractivity (Wildman–Crippen MR) is 95.8 cm³/mol. The van der Waals surface area contributed by atoms with Crippen LogP contribution in [0.25, 0.3) is 11.3 Å². The van der Waals surface area contributed by atoms with E-state index in [4.69, 9.17) is 16.6 Å². The van der Waals surface area contributed by atoms with Gasteiger partial charge in [0.05, 0.1) is 5.69 Å². The molecule has 4 rings (SSSR count). The molecule has 0 aliphatic carbocycles. The molecule has 0 bridgehead atoms. The van der Waals surface area contributed by atoms with Gasteiger partial charge < -0.3 is 5.32 Å². The lowest BCUT2D eigenvalue weighted by atomic mass is 10.1. The van der Waals surface area contributed by atoms with Gasteiger partial charge in [-0.25, -0.2) is 9.97 Å². The fourth-order valence-corrected chi connectivity index (χ4v) is 3.70. The summed E-state index contributed by atoms with van der Waals surface area (Å²) in [6.45, 7) is 0.673. The SMILES string of the molecule is Clc1ccc(CNc2ncc3c(n2)-c2ccccc2SC3)cc1. The topological polar surface area (TPSA) is 37.8 Å². The molecule has 0 spiro atoms. The van der Waals surface area contributed by atoms with Crippen LogP contribution >= 0.6 is 23.4 Å². The largest absolute Gasteiger partial charge is 0.350 e. The average Bonchev–Trinajstić information content (AvgIpc) is 2.61. The second-order valence-corrected chi connectivity index (χ2v) is 6.79. The van der Waals surface area contributed by atoms with Crippen LogP contribution < -0.4 is 5.32 Å². The highest BCUT2D eigenvalue weighted by Gasteiger charge is 2.18. The van der Waals surface area contributed by atoms with Crippen LogP contribution in [0.3, 0.4) is 0 Å². The van der Waals surface area contributed by atoms with Crippen LogP contribution in [-0.2, 0) is 12.3 Å². The molecule has 1 aromatic heterocycles. The summed E-state index contributed by atoms with van der Waals surface area (Å²) in [7, 11) is 0. The quantitative estimate of drug-likeness (QED) is 0.727.